The number of fused-ring (bicyclic) bond motifs is 1. The van der Waals surface area contributed by atoms with Crippen molar-refractivity contribution in [2.45, 2.75) is 16.5 Å². The summed E-state index contributed by atoms with van der Waals surface area (Å²) in [5.74, 6) is -0.128. The molecule has 1 N–H and O–H groups in total. The predicted molar refractivity (Wildman–Crippen MR) is 86.3 cm³/mol. The largest absolute Gasteiger partial charge is 0.423 e. The summed E-state index contributed by atoms with van der Waals surface area (Å²) in [6, 6.07) is 8.14. The van der Waals surface area contributed by atoms with Crippen LogP contribution in [-0.4, -0.2) is 21.4 Å². The third kappa shape index (κ3) is 3.34. The molecule has 2 heterocycles. The fraction of sp³-hybridized carbons (Fsp3) is 0.143. The molecule has 22 heavy (non-hydrogen) atoms. The van der Waals surface area contributed by atoms with Crippen LogP contribution >= 0.6 is 23.1 Å². The number of aromatic nitrogens is 2. The lowest BCUT2D eigenvalue weighted by molar-refractivity contribution is -0.115. The topological polar surface area (TPSA) is 85.1 Å². The lowest BCUT2D eigenvalue weighted by Gasteiger charge is -2.10. The molecule has 112 valence electrons. The van der Waals surface area contributed by atoms with Crippen LogP contribution in [0.25, 0.3) is 11.0 Å². The molecular formula is C14H11N3O3S2. The number of thioether (sulfide) groups is 1. The van der Waals surface area contributed by atoms with Crippen LogP contribution < -0.4 is 10.9 Å². The molecule has 8 heteroatoms. The first-order chi connectivity index (χ1) is 10.6. The first kappa shape index (κ1) is 14.7. The molecule has 3 rings (SSSR count). The third-order valence-corrected chi connectivity index (χ3v) is 4.78. The first-order valence-corrected chi connectivity index (χ1v) is 8.15. The Hall–Kier alpha value is -2.19. The summed E-state index contributed by atoms with van der Waals surface area (Å²) < 4.78 is 5.81. The highest BCUT2D eigenvalue weighted by atomic mass is 32.2. The summed E-state index contributed by atoms with van der Waals surface area (Å²) in [5, 5.41) is 10.9. The highest BCUT2D eigenvalue weighted by molar-refractivity contribution is 8.02. The van der Waals surface area contributed by atoms with Crippen LogP contribution in [0.5, 0.6) is 0 Å². The zero-order chi connectivity index (χ0) is 15.5. The standard InChI is InChI=1S/C14H11N3O3S2/c1-8(22-14-17-15-7-21-14)13(19)16-10-3-4-11-9(6-10)2-5-12(18)20-11/h2-8H,1H3,(H,16,19)/t8-/m1/s1. The van der Waals surface area contributed by atoms with E-state index in [1.54, 1.807) is 29.8 Å². The van der Waals surface area contributed by atoms with Crippen LogP contribution in [0.4, 0.5) is 5.69 Å². The summed E-state index contributed by atoms with van der Waals surface area (Å²) >= 11 is 2.75. The van der Waals surface area contributed by atoms with E-state index >= 15 is 0 Å². The summed E-state index contributed by atoms with van der Waals surface area (Å²) in [4.78, 5) is 23.3. The number of nitrogens with zero attached hydrogens (tertiary/aromatic N) is 2. The molecule has 1 amide bonds. The molecule has 6 nitrogen and oxygen atoms in total. The molecule has 0 saturated carbocycles. The minimum Gasteiger partial charge on any atom is -0.423 e. The fourth-order valence-electron chi connectivity index (χ4n) is 1.81. The van der Waals surface area contributed by atoms with E-state index in [4.69, 9.17) is 4.42 Å². The zero-order valence-corrected chi connectivity index (χ0v) is 13.1. The Morgan fingerprint density at radius 1 is 1.36 bits per heavy atom. The molecule has 0 saturated heterocycles. The van der Waals surface area contributed by atoms with E-state index < -0.39 is 5.63 Å². The highest BCUT2D eigenvalue weighted by Crippen LogP contribution is 2.25. The number of anilines is 1. The number of nitrogens with one attached hydrogen (secondary N) is 1. The lowest BCUT2D eigenvalue weighted by atomic mass is 10.2. The zero-order valence-electron chi connectivity index (χ0n) is 11.5. The van der Waals surface area contributed by atoms with Crippen molar-refractivity contribution in [3.05, 3.63) is 46.3 Å². The van der Waals surface area contributed by atoms with E-state index in [1.165, 1.54) is 29.2 Å². The maximum atomic E-state index is 12.2. The van der Waals surface area contributed by atoms with Crippen LogP contribution in [-0.2, 0) is 4.79 Å². The molecule has 2 aromatic heterocycles. The number of carbonyl (C=O) groups is 1. The van der Waals surface area contributed by atoms with Gasteiger partial charge in [0.2, 0.25) is 5.91 Å². The molecule has 0 bridgehead atoms. The van der Waals surface area contributed by atoms with Gasteiger partial charge in [0.05, 0.1) is 5.25 Å². The molecule has 0 aliphatic heterocycles. The molecule has 0 fully saturated rings. The molecular weight excluding hydrogens is 322 g/mol. The van der Waals surface area contributed by atoms with Crippen LogP contribution in [0.1, 0.15) is 6.92 Å². The van der Waals surface area contributed by atoms with Crippen LogP contribution in [0, 0.1) is 0 Å². The summed E-state index contributed by atoms with van der Waals surface area (Å²) in [5.41, 5.74) is 2.37. The molecule has 0 unspecified atom stereocenters. The Bertz CT molecular complexity index is 861. The van der Waals surface area contributed by atoms with Gasteiger partial charge in [-0.25, -0.2) is 4.79 Å². The van der Waals surface area contributed by atoms with Gasteiger partial charge >= 0.3 is 5.63 Å². The minimum atomic E-state index is -0.397. The fourth-order valence-corrected chi connectivity index (χ4v) is 3.44. The Labute approximate surface area is 133 Å². The number of benzene rings is 1. The van der Waals surface area contributed by atoms with Crippen molar-refractivity contribution in [1.29, 1.82) is 0 Å². The quantitative estimate of drug-likeness (QED) is 0.584. The van der Waals surface area contributed by atoms with Gasteiger partial charge in [-0.3, -0.25) is 4.79 Å². The van der Waals surface area contributed by atoms with Crippen molar-refractivity contribution in [2.75, 3.05) is 5.32 Å². The van der Waals surface area contributed by atoms with Crippen molar-refractivity contribution < 1.29 is 9.21 Å². The van der Waals surface area contributed by atoms with Gasteiger partial charge in [-0.05, 0) is 31.2 Å². The normalized spacial score (nSPS) is 12.2. The number of hydrogen-bond donors (Lipinski definition) is 1. The predicted octanol–water partition coefficient (Wildman–Crippen LogP) is 2.76. The van der Waals surface area contributed by atoms with Crippen LogP contribution in [0.15, 0.2) is 49.4 Å². The van der Waals surface area contributed by atoms with Gasteiger partial charge in [0.15, 0.2) is 4.34 Å². The third-order valence-electron chi connectivity index (χ3n) is 2.87. The van der Waals surface area contributed by atoms with Crippen LogP contribution in [0.3, 0.4) is 0 Å². The van der Waals surface area contributed by atoms with E-state index in [1.807, 2.05) is 6.92 Å². The second-order valence-corrected chi connectivity index (χ2v) is 6.88. The van der Waals surface area contributed by atoms with Gasteiger partial charge in [0.25, 0.3) is 0 Å². The van der Waals surface area contributed by atoms with Gasteiger partial charge in [-0.2, -0.15) is 0 Å². The van der Waals surface area contributed by atoms with E-state index in [9.17, 15) is 9.59 Å². The number of carbonyl (C=O) groups excluding carboxylic acids is 1. The van der Waals surface area contributed by atoms with E-state index in [0.717, 1.165) is 9.73 Å². The molecule has 1 aromatic carbocycles. The van der Waals surface area contributed by atoms with Gasteiger partial charge < -0.3 is 9.73 Å². The second kappa shape index (κ2) is 6.29. The summed E-state index contributed by atoms with van der Waals surface area (Å²) in [7, 11) is 0. The second-order valence-electron chi connectivity index (χ2n) is 4.46. The Balaban J connectivity index is 1.73. The van der Waals surface area contributed by atoms with Crippen LogP contribution in [0.2, 0.25) is 0 Å². The van der Waals surface area contributed by atoms with Crippen molar-refractivity contribution in [2.24, 2.45) is 0 Å². The molecule has 1 atom stereocenters. The van der Waals surface area contributed by atoms with E-state index in [2.05, 4.69) is 15.5 Å². The Kier molecular flexibility index (Phi) is 4.21. The smallest absolute Gasteiger partial charge is 0.336 e. The molecule has 0 aliphatic rings. The van der Waals surface area contributed by atoms with E-state index in [-0.39, 0.29) is 11.2 Å². The van der Waals surface area contributed by atoms with Gasteiger partial charge in [-0.15, -0.1) is 10.2 Å². The highest BCUT2D eigenvalue weighted by Gasteiger charge is 2.16. The van der Waals surface area contributed by atoms with Crippen molar-refractivity contribution in [1.82, 2.24) is 10.2 Å². The average molecular weight is 333 g/mol. The Morgan fingerprint density at radius 3 is 3.00 bits per heavy atom. The van der Waals surface area contributed by atoms with Crippen molar-refractivity contribution in [3.8, 4) is 0 Å². The molecule has 3 aromatic rings. The minimum absolute atomic E-state index is 0.128. The van der Waals surface area contributed by atoms with Crippen molar-refractivity contribution in [3.63, 3.8) is 0 Å². The average Bonchev–Trinajstić information content (AvgIpc) is 3.00. The Morgan fingerprint density at radius 2 is 2.23 bits per heavy atom. The monoisotopic (exact) mass is 333 g/mol. The first-order valence-electron chi connectivity index (χ1n) is 6.39. The molecule has 0 spiro atoms. The number of amides is 1. The summed E-state index contributed by atoms with van der Waals surface area (Å²) in [6.07, 6.45) is 0. The molecule has 0 radical (unpaired) electrons. The number of hydrogen-bond acceptors (Lipinski definition) is 7. The van der Waals surface area contributed by atoms with Crippen molar-refractivity contribution >= 4 is 45.7 Å². The summed E-state index contributed by atoms with van der Waals surface area (Å²) in [6.45, 7) is 1.81. The van der Waals surface area contributed by atoms with Gasteiger partial charge in [0.1, 0.15) is 11.1 Å². The van der Waals surface area contributed by atoms with Gasteiger partial charge in [-0.1, -0.05) is 23.1 Å². The lowest BCUT2D eigenvalue weighted by Crippen LogP contribution is -2.22. The number of rotatable bonds is 4. The van der Waals surface area contributed by atoms with Gasteiger partial charge in [0, 0.05) is 17.1 Å². The maximum Gasteiger partial charge on any atom is 0.336 e. The maximum absolute atomic E-state index is 12.2. The van der Waals surface area contributed by atoms with E-state index in [0.29, 0.717) is 11.3 Å². The molecule has 0 aliphatic carbocycles. The SMILES string of the molecule is C[C@@H](Sc1nncs1)C(=O)Nc1ccc2oc(=O)ccc2c1.